The third kappa shape index (κ3) is 4.32. The molecule has 1 aliphatic heterocycles. The van der Waals surface area contributed by atoms with E-state index < -0.39 is 12.1 Å². The van der Waals surface area contributed by atoms with Crippen molar-refractivity contribution in [2.45, 2.75) is 19.9 Å². The summed E-state index contributed by atoms with van der Waals surface area (Å²) in [6, 6.07) is 11.3. The van der Waals surface area contributed by atoms with Gasteiger partial charge in [0.15, 0.2) is 11.5 Å². The summed E-state index contributed by atoms with van der Waals surface area (Å²) >= 11 is 0. The number of carbonyl (C=O) groups is 2. The van der Waals surface area contributed by atoms with Crippen LogP contribution in [0.1, 0.15) is 25.5 Å². The van der Waals surface area contributed by atoms with Gasteiger partial charge in [-0.3, -0.25) is 4.79 Å². The minimum atomic E-state index is -0.716. The van der Waals surface area contributed by atoms with Gasteiger partial charge in [-0.15, -0.1) is 0 Å². The van der Waals surface area contributed by atoms with Crippen LogP contribution >= 0.6 is 0 Å². The van der Waals surface area contributed by atoms with Crippen molar-refractivity contribution in [2.24, 2.45) is 0 Å². The van der Waals surface area contributed by atoms with Crippen LogP contribution in [0.5, 0.6) is 17.2 Å². The summed E-state index contributed by atoms with van der Waals surface area (Å²) in [6.07, 6.45) is 0. The molecule has 8 nitrogen and oxygen atoms in total. The van der Waals surface area contributed by atoms with E-state index in [4.69, 9.17) is 14.2 Å². The van der Waals surface area contributed by atoms with Crippen molar-refractivity contribution in [3.8, 4) is 17.2 Å². The number of para-hydroxylation sites is 1. The lowest BCUT2D eigenvalue weighted by Gasteiger charge is -2.30. The Balaban J connectivity index is 1.95. The molecule has 0 radical (unpaired) electrons. The smallest absolute Gasteiger partial charge is 0.319 e. The van der Waals surface area contributed by atoms with Crippen LogP contribution in [0.4, 0.5) is 10.5 Å². The zero-order valence-electron chi connectivity index (χ0n) is 17.4. The molecule has 0 saturated heterocycles. The summed E-state index contributed by atoms with van der Waals surface area (Å²) < 4.78 is 16.3. The third-order valence-corrected chi connectivity index (χ3v) is 4.68. The van der Waals surface area contributed by atoms with Gasteiger partial charge in [-0.25, -0.2) is 4.79 Å². The van der Waals surface area contributed by atoms with Gasteiger partial charge >= 0.3 is 6.03 Å². The number of rotatable bonds is 7. The molecule has 158 valence electrons. The highest BCUT2D eigenvalue weighted by Crippen LogP contribution is 2.39. The zero-order chi connectivity index (χ0) is 21.7. The van der Waals surface area contributed by atoms with Crippen molar-refractivity contribution in [2.75, 3.05) is 26.1 Å². The number of anilines is 1. The van der Waals surface area contributed by atoms with Gasteiger partial charge in [-0.1, -0.05) is 12.1 Å². The highest BCUT2D eigenvalue weighted by molar-refractivity contribution is 6.07. The maximum atomic E-state index is 13.2. The van der Waals surface area contributed by atoms with E-state index in [1.165, 1.54) is 14.2 Å². The second-order valence-electron chi connectivity index (χ2n) is 6.56. The van der Waals surface area contributed by atoms with Gasteiger partial charge in [-0.2, -0.15) is 0 Å². The van der Waals surface area contributed by atoms with E-state index in [2.05, 4.69) is 16.0 Å². The highest BCUT2D eigenvalue weighted by atomic mass is 16.5. The van der Waals surface area contributed by atoms with Gasteiger partial charge in [0.05, 0.1) is 32.4 Å². The standard InChI is InChI=1S/C22H25N3O5/c1-5-30-15-11-9-14(10-12-15)24-21(26)18-13(2)23-22(27)25-19(18)16-7-6-8-17(28-3)20(16)29-4/h6-12,19H,5H2,1-4H3,(H,24,26)(H2,23,25,27)/t19-/m1/s1. The molecule has 2 aromatic carbocycles. The molecule has 1 heterocycles. The first kappa shape index (κ1) is 21.0. The minimum Gasteiger partial charge on any atom is -0.494 e. The Hall–Kier alpha value is -3.68. The molecular formula is C22H25N3O5. The fourth-order valence-electron chi connectivity index (χ4n) is 3.37. The van der Waals surface area contributed by atoms with Crippen LogP contribution < -0.4 is 30.2 Å². The molecule has 3 rings (SSSR count). The molecule has 0 aliphatic carbocycles. The molecule has 3 N–H and O–H groups in total. The zero-order valence-corrected chi connectivity index (χ0v) is 17.4. The monoisotopic (exact) mass is 411 g/mol. The molecule has 0 unspecified atom stereocenters. The van der Waals surface area contributed by atoms with E-state index in [9.17, 15) is 9.59 Å². The van der Waals surface area contributed by atoms with Crippen molar-refractivity contribution in [3.05, 3.63) is 59.3 Å². The second-order valence-corrected chi connectivity index (χ2v) is 6.56. The van der Waals surface area contributed by atoms with Gasteiger partial charge < -0.3 is 30.2 Å². The van der Waals surface area contributed by atoms with Crippen molar-refractivity contribution < 1.29 is 23.8 Å². The molecule has 2 aromatic rings. The van der Waals surface area contributed by atoms with Gasteiger partial charge in [0.1, 0.15) is 5.75 Å². The number of benzene rings is 2. The molecule has 8 heteroatoms. The maximum absolute atomic E-state index is 13.2. The Morgan fingerprint density at radius 3 is 2.47 bits per heavy atom. The van der Waals surface area contributed by atoms with Crippen LogP contribution in [0.3, 0.4) is 0 Å². The lowest BCUT2D eigenvalue weighted by molar-refractivity contribution is -0.113. The van der Waals surface area contributed by atoms with Gasteiger partial charge in [0, 0.05) is 16.9 Å². The lowest BCUT2D eigenvalue weighted by Crippen LogP contribution is -2.46. The van der Waals surface area contributed by atoms with Crippen molar-refractivity contribution in [1.82, 2.24) is 10.6 Å². The highest BCUT2D eigenvalue weighted by Gasteiger charge is 2.33. The van der Waals surface area contributed by atoms with Crippen molar-refractivity contribution >= 4 is 17.6 Å². The van der Waals surface area contributed by atoms with E-state index in [1.54, 1.807) is 49.4 Å². The Bertz CT molecular complexity index is 969. The summed E-state index contributed by atoms with van der Waals surface area (Å²) in [5, 5.41) is 8.35. The minimum absolute atomic E-state index is 0.348. The van der Waals surface area contributed by atoms with Crippen LogP contribution in [0.25, 0.3) is 0 Å². The van der Waals surface area contributed by atoms with E-state index in [0.717, 1.165) is 5.75 Å². The van der Waals surface area contributed by atoms with Crippen LogP contribution in [0.15, 0.2) is 53.7 Å². The average Bonchev–Trinajstić information content (AvgIpc) is 2.73. The van der Waals surface area contributed by atoms with Crippen molar-refractivity contribution in [3.63, 3.8) is 0 Å². The number of hydrogen-bond donors (Lipinski definition) is 3. The summed E-state index contributed by atoms with van der Waals surface area (Å²) in [6.45, 7) is 4.15. The Kier molecular flexibility index (Phi) is 6.46. The SMILES string of the molecule is CCOc1ccc(NC(=O)C2=C(C)NC(=O)N[C@@H]2c2cccc(OC)c2OC)cc1. The maximum Gasteiger partial charge on any atom is 0.319 e. The molecule has 0 bridgehead atoms. The largest absolute Gasteiger partial charge is 0.494 e. The first-order valence-electron chi connectivity index (χ1n) is 9.51. The van der Waals surface area contributed by atoms with Crippen molar-refractivity contribution in [1.29, 1.82) is 0 Å². The Morgan fingerprint density at radius 1 is 1.10 bits per heavy atom. The number of ether oxygens (including phenoxy) is 3. The molecule has 3 amide bonds. The number of allylic oxidation sites excluding steroid dienone is 1. The van der Waals surface area contributed by atoms with Gasteiger partial charge in [-0.05, 0) is 44.2 Å². The summed E-state index contributed by atoms with van der Waals surface area (Å²) in [5.41, 5.74) is 2.05. The summed E-state index contributed by atoms with van der Waals surface area (Å²) in [7, 11) is 3.05. The normalized spacial score (nSPS) is 15.7. The number of carbonyl (C=O) groups excluding carboxylic acids is 2. The van der Waals surface area contributed by atoms with Crippen LogP contribution in [-0.4, -0.2) is 32.8 Å². The third-order valence-electron chi connectivity index (χ3n) is 4.68. The Labute approximate surface area is 175 Å². The molecule has 30 heavy (non-hydrogen) atoms. The van der Waals surface area contributed by atoms with Crippen LogP contribution in [0, 0.1) is 0 Å². The second kappa shape index (κ2) is 9.21. The first-order chi connectivity index (χ1) is 14.5. The van der Waals surface area contributed by atoms with E-state index in [0.29, 0.717) is 40.6 Å². The molecule has 0 saturated carbocycles. The average molecular weight is 411 g/mol. The van der Waals surface area contributed by atoms with E-state index in [-0.39, 0.29) is 5.91 Å². The number of urea groups is 1. The van der Waals surface area contributed by atoms with Crippen LogP contribution in [-0.2, 0) is 4.79 Å². The molecule has 0 aromatic heterocycles. The van der Waals surface area contributed by atoms with E-state index >= 15 is 0 Å². The quantitative estimate of drug-likeness (QED) is 0.649. The lowest BCUT2D eigenvalue weighted by atomic mass is 9.93. The van der Waals surface area contributed by atoms with Crippen LogP contribution in [0.2, 0.25) is 0 Å². The first-order valence-corrected chi connectivity index (χ1v) is 9.51. The fraction of sp³-hybridized carbons (Fsp3) is 0.273. The molecule has 1 aliphatic rings. The summed E-state index contributed by atoms with van der Waals surface area (Å²) in [5.74, 6) is 1.33. The number of hydrogen-bond acceptors (Lipinski definition) is 5. The molecule has 0 spiro atoms. The molecule has 1 atom stereocenters. The molecule has 0 fully saturated rings. The number of methoxy groups -OCH3 is 2. The predicted molar refractivity (Wildman–Crippen MR) is 113 cm³/mol. The summed E-state index contributed by atoms with van der Waals surface area (Å²) in [4.78, 5) is 25.3. The topological polar surface area (TPSA) is 97.9 Å². The fourth-order valence-corrected chi connectivity index (χ4v) is 3.37. The number of amides is 3. The van der Waals surface area contributed by atoms with Gasteiger partial charge in [0.2, 0.25) is 0 Å². The predicted octanol–water partition coefficient (Wildman–Crippen LogP) is 3.37. The van der Waals surface area contributed by atoms with Gasteiger partial charge in [0.25, 0.3) is 5.91 Å². The molecular weight excluding hydrogens is 386 g/mol. The Morgan fingerprint density at radius 2 is 1.83 bits per heavy atom. The van der Waals surface area contributed by atoms with E-state index in [1.807, 2.05) is 6.92 Å². The number of nitrogens with one attached hydrogen (secondary N) is 3.